The van der Waals surface area contributed by atoms with Crippen molar-refractivity contribution in [2.45, 2.75) is 19.4 Å². The Kier molecular flexibility index (Phi) is 3.85. The lowest BCUT2D eigenvalue weighted by Gasteiger charge is -2.32. The second-order valence-electron chi connectivity index (χ2n) is 4.28. The van der Waals surface area contributed by atoms with E-state index in [0.29, 0.717) is 5.82 Å². The molecule has 0 atom stereocenters. The highest BCUT2D eigenvalue weighted by Crippen LogP contribution is 2.19. The minimum absolute atomic E-state index is 0.183. The molecule has 7 nitrogen and oxygen atoms in total. The van der Waals surface area contributed by atoms with E-state index in [2.05, 4.69) is 15.5 Å². The zero-order valence-electron chi connectivity index (χ0n) is 10.8. The first-order chi connectivity index (χ1) is 8.30. The van der Waals surface area contributed by atoms with Crippen LogP contribution in [0.3, 0.4) is 0 Å². The van der Waals surface area contributed by atoms with Crippen LogP contribution in [-0.4, -0.2) is 46.8 Å². The fraction of sp³-hybridized carbons (Fsp3) is 0.455. The van der Waals surface area contributed by atoms with Crippen LogP contribution in [0.1, 0.15) is 24.3 Å². The Labute approximate surface area is 105 Å². The average Bonchev–Trinajstić information content (AvgIpc) is 2.36. The highest BCUT2D eigenvalue weighted by Gasteiger charge is 2.33. The number of anilines is 1. The van der Waals surface area contributed by atoms with E-state index in [9.17, 15) is 9.59 Å². The molecular weight excluding hydrogens is 236 g/mol. The summed E-state index contributed by atoms with van der Waals surface area (Å²) in [5.41, 5.74) is -0.925. The van der Waals surface area contributed by atoms with E-state index in [-0.39, 0.29) is 11.6 Å². The van der Waals surface area contributed by atoms with Gasteiger partial charge in [-0.05, 0) is 26.0 Å². The first-order valence-corrected chi connectivity index (χ1v) is 5.33. The molecule has 0 saturated carbocycles. The van der Waals surface area contributed by atoms with Gasteiger partial charge >= 0.3 is 5.97 Å². The van der Waals surface area contributed by atoms with Crippen molar-refractivity contribution >= 4 is 17.7 Å². The zero-order valence-corrected chi connectivity index (χ0v) is 10.8. The average molecular weight is 252 g/mol. The van der Waals surface area contributed by atoms with Crippen LogP contribution in [0.2, 0.25) is 0 Å². The number of carbonyl (C=O) groups excluding carboxylic acids is 1. The lowest BCUT2D eigenvalue weighted by Crippen LogP contribution is -2.48. The smallest absolute Gasteiger partial charge is 0.328 e. The number of carboxylic acid groups (broad SMARTS) is 1. The van der Waals surface area contributed by atoms with Gasteiger partial charge in [-0.1, -0.05) is 0 Å². The largest absolute Gasteiger partial charge is 0.480 e. The maximum atomic E-state index is 11.3. The van der Waals surface area contributed by atoms with Crippen molar-refractivity contribution in [1.82, 2.24) is 15.5 Å². The Morgan fingerprint density at radius 3 is 2.33 bits per heavy atom. The molecule has 0 saturated heterocycles. The molecule has 0 aliphatic carbocycles. The van der Waals surface area contributed by atoms with E-state index in [1.54, 1.807) is 27.0 Å². The summed E-state index contributed by atoms with van der Waals surface area (Å²) in [6.45, 7) is 3.12. The Morgan fingerprint density at radius 1 is 1.33 bits per heavy atom. The number of rotatable bonds is 4. The summed E-state index contributed by atoms with van der Waals surface area (Å²) in [5.74, 6) is -0.925. The third-order valence-electron chi connectivity index (χ3n) is 2.82. The molecule has 1 amide bonds. The number of aliphatic carboxylic acids is 1. The van der Waals surface area contributed by atoms with Crippen LogP contribution >= 0.6 is 0 Å². The fourth-order valence-electron chi connectivity index (χ4n) is 1.18. The van der Waals surface area contributed by atoms with Gasteiger partial charge in [0.2, 0.25) is 0 Å². The molecule has 18 heavy (non-hydrogen) atoms. The Morgan fingerprint density at radius 2 is 1.94 bits per heavy atom. The fourth-order valence-corrected chi connectivity index (χ4v) is 1.18. The Balaban J connectivity index is 2.99. The first-order valence-electron chi connectivity index (χ1n) is 5.33. The molecule has 0 radical (unpaired) electrons. The standard InChI is InChI=1S/C11H16N4O3/c1-11(2,10(17)18)15(4)8-6-5-7(13-14-8)9(16)12-3/h5-6H,1-4H3,(H,12,16)(H,17,18). The monoisotopic (exact) mass is 252 g/mol. The molecule has 0 spiro atoms. The number of amides is 1. The van der Waals surface area contributed by atoms with Crippen molar-refractivity contribution < 1.29 is 14.7 Å². The van der Waals surface area contributed by atoms with Crippen molar-refractivity contribution in [3.8, 4) is 0 Å². The Bertz CT molecular complexity index is 456. The molecule has 0 aliphatic rings. The van der Waals surface area contributed by atoms with Crippen molar-refractivity contribution in [2.24, 2.45) is 0 Å². The molecule has 0 aromatic carbocycles. The molecule has 1 heterocycles. The van der Waals surface area contributed by atoms with Gasteiger partial charge in [0.15, 0.2) is 11.5 Å². The van der Waals surface area contributed by atoms with Crippen molar-refractivity contribution in [3.63, 3.8) is 0 Å². The summed E-state index contributed by atoms with van der Waals surface area (Å²) < 4.78 is 0. The molecule has 1 rings (SSSR count). The molecule has 7 heteroatoms. The van der Waals surface area contributed by atoms with Gasteiger partial charge in [-0.15, -0.1) is 10.2 Å². The number of carbonyl (C=O) groups is 2. The molecule has 1 aromatic rings. The molecule has 0 fully saturated rings. The van der Waals surface area contributed by atoms with Crippen LogP contribution in [0.15, 0.2) is 12.1 Å². The number of hydrogen-bond donors (Lipinski definition) is 2. The van der Waals surface area contributed by atoms with Gasteiger partial charge in [0.1, 0.15) is 5.54 Å². The highest BCUT2D eigenvalue weighted by molar-refractivity contribution is 5.92. The van der Waals surface area contributed by atoms with Crippen LogP contribution in [0.25, 0.3) is 0 Å². The number of hydrogen-bond acceptors (Lipinski definition) is 5. The number of nitrogens with zero attached hydrogens (tertiary/aromatic N) is 3. The number of likely N-dealkylation sites (N-methyl/N-ethyl adjacent to an activating group) is 1. The second kappa shape index (κ2) is 4.99. The van der Waals surface area contributed by atoms with Gasteiger partial charge in [0.05, 0.1) is 0 Å². The molecular formula is C11H16N4O3. The van der Waals surface area contributed by atoms with Gasteiger partial charge in [-0.25, -0.2) is 4.79 Å². The van der Waals surface area contributed by atoms with Crippen LogP contribution < -0.4 is 10.2 Å². The predicted octanol–water partition coefficient (Wildman–Crippen LogP) is 0.136. The quantitative estimate of drug-likeness (QED) is 0.791. The van der Waals surface area contributed by atoms with Gasteiger partial charge in [-0.3, -0.25) is 4.79 Å². The summed E-state index contributed by atoms with van der Waals surface area (Å²) in [4.78, 5) is 23.9. The maximum absolute atomic E-state index is 11.3. The lowest BCUT2D eigenvalue weighted by atomic mass is 10.0. The summed E-state index contributed by atoms with van der Waals surface area (Å²) in [6.07, 6.45) is 0. The van der Waals surface area contributed by atoms with Crippen molar-refractivity contribution in [1.29, 1.82) is 0 Å². The van der Waals surface area contributed by atoms with Gasteiger partial charge < -0.3 is 15.3 Å². The molecule has 1 aromatic heterocycles. The predicted molar refractivity (Wildman–Crippen MR) is 65.5 cm³/mol. The van der Waals surface area contributed by atoms with Gasteiger partial charge in [0, 0.05) is 14.1 Å². The Hall–Kier alpha value is -2.18. The third-order valence-corrected chi connectivity index (χ3v) is 2.82. The molecule has 0 bridgehead atoms. The highest BCUT2D eigenvalue weighted by atomic mass is 16.4. The van der Waals surface area contributed by atoms with E-state index >= 15 is 0 Å². The van der Waals surface area contributed by atoms with E-state index < -0.39 is 11.5 Å². The van der Waals surface area contributed by atoms with E-state index in [0.717, 1.165) is 0 Å². The van der Waals surface area contributed by atoms with Gasteiger partial charge in [-0.2, -0.15) is 0 Å². The minimum atomic E-state index is -1.11. The summed E-state index contributed by atoms with van der Waals surface area (Å²) in [6, 6.07) is 3.05. The number of carboxylic acids is 1. The van der Waals surface area contributed by atoms with Crippen LogP contribution in [0.4, 0.5) is 5.82 Å². The van der Waals surface area contributed by atoms with E-state index in [1.165, 1.54) is 18.0 Å². The van der Waals surface area contributed by atoms with Crippen LogP contribution in [-0.2, 0) is 4.79 Å². The first kappa shape index (κ1) is 13.9. The van der Waals surface area contributed by atoms with Crippen LogP contribution in [0.5, 0.6) is 0 Å². The zero-order chi connectivity index (χ0) is 13.9. The molecule has 0 aliphatic heterocycles. The van der Waals surface area contributed by atoms with Crippen molar-refractivity contribution in [3.05, 3.63) is 17.8 Å². The third kappa shape index (κ3) is 2.55. The second-order valence-corrected chi connectivity index (χ2v) is 4.28. The molecule has 0 unspecified atom stereocenters. The normalized spacial score (nSPS) is 10.9. The summed E-state index contributed by atoms with van der Waals surface area (Å²) >= 11 is 0. The SMILES string of the molecule is CNC(=O)c1ccc(N(C)C(C)(C)C(=O)O)nn1. The summed E-state index contributed by atoms with van der Waals surface area (Å²) in [7, 11) is 3.11. The van der Waals surface area contributed by atoms with Gasteiger partial charge in [0.25, 0.3) is 5.91 Å². The number of nitrogens with one attached hydrogen (secondary N) is 1. The summed E-state index contributed by atoms with van der Waals surface area (Å²) in [5, 5.41) is 19.1. The van der Waals surface area contributed by atoms with Crippen LogP contribution in [0, 0.1) is 0 Å². The molecule has 98 valence electrons. The van der Waals surface area contributed by atoms with Crippen molar-refractivity contribution in [2.75, 3.05) is 19.0 Å². The van der Waals surface area contributed by atoms with E-state index in [4.69, 9.17) is 5.11 Å². The molecule has 2 N–H and O–H groups in total. The number of aromatic nitrogens is 2. The maximum Gasteiger partial charge on any atom is 0.328 e. The van der Waals surface area contributed by atoms with E-state index in [1.807, 2.05) is 0 Å². The lowest BCUT2D eigenvalue weighted by molar-refractivity contribution is -0.142. The topological polar surface area (TPSA) is 95.4 Å². The minimum Gasteiger partial charge on any atom is -0.480 e.